The Hall–Kier alpha value is -1.49. The maximum absolute atomic E-state index is 12.5. The van der Waals surface area contributed by atoms with Crippen LogP contribution in [0.3, 0.4) is 0 Å². The highest BCUT2D eigenvalue weighted by Crippen LogP contribution is 2.21. The van der Waals surface area contributed by atoms with Crippen LogP contribution in [0.5, 0.6) is 0 Å². The van der Waals surface area contributed by atoms with E-state index in [2.05, 4.69) is 6.26 Å². The van der Waals surface area contributed by atoms with E-state index in [-0.39, 0.29) is 11.5 Å². The first-order valence-electron chi connectivity index (χ1n) is 6.77. The molecule has 1 N–H and O–H groups in total. The number of carbonyl (C=O) groups is 2. The first-order valence-corrected chi connectivity index (χ1v) is 8.06. The lowest BCUT2D eigenvalue weighted by atomic mass is 10.1. The normalized spacial score (nSPS) is 19.4. The van der Waals surface area contributed by atoms with Crippen molar-refractivity contribution in [1.82, 2.24) is 4.90 Å². The fraction of sp³-hybridized carbons (Fsp3) is 0.467. The minimum atomic E-state index is -1.00. The molecule has 2 rings (SSSR count). The molecule has 0 saturated carbocycles. The molecule has 1 saturated heterocycles. The molecular weight excluding hydrogens is 274 g/mol. The number of carbonyl (C=O) groups excluding carboxylic acids is 1. The van der Waals surface area contributed by atoms with Gasteiger partial charge in [0.15, 0.2) is 0 Å². The molecule has 1 atom stereocenters. The molecule has 0 aliphatic carbocycles. The number of hydrogen-bond donors (Lipinski definition) is 1. The largest absolute Gasteiger partial charge is 0.478 e. The van der Waals surface area contributed by atoms with Gasteiger partial charge in [0, 0.05) is 23.9 Å². The van der Waals surface area contributed by atoms with Gasteiger partial charge in [0.25, 0.3) is 5.91 Å². The molecule has 1 fully saturated rings. The van der Waals surface area contributed by atoms with Crippen LogP contribution in [0.15, 0.2) is 24.3 Å². The van der Waals surface area contributed by atoms with Crippen LogP contribution >= 0.6 is 11.8 Å². The molecule has 20 heavy (non-hydrogen) atoms. The molecular formula is C15H19NO3S. The number of rotatable bonds is 3. The van der Waals surface area contributed by atoms with Crippen molar-refractivity contribution in [2.24, 2.45) is 0 Å². The van der Waals surface area contributed by atoms with Crippen molar-refractivity contribution in [3.63, 3.8) is 0 Å². The Morgan fingerprint density at radius 2 is 2.05 bits per heavy atom. The molecule has 1 heterocycles. The molecule has 0 spiro atoms. The van der Waals surface area contributed by atoms with Gasteiger partial charge in [-0.1, -0.05) is 12.5 Å². The summed E-state index contributed by atoms with van der Waals surface area (Å²) in [5, 5.41) is 9.47. The third kappa shape index (κ3) is 3.54. The van der Waals surface area contributed by atoms with Gasteiger partial charge in [0.05, 0.1) is 5.56 Å². The van der Waals surface area contributed by atoms with Crippen LogP contribution in [-0.4, -0.2) is 46.5 Å². The zero-order valence-electron chi connectivity index (χ0n) is 11.5. The van der Waals surface area contributed by atoms with Crippen molar-refractivity contribution in [2.45, 2.75) is 24.5 Å². The number of hydrogen-bond acceptors (Lipinski definition) is 3. The van der Waals surface area contributed by atoms with Crippen molar-refractivity contribution in [2.75, 3.05) is 19.3 Å². The molecule has 0 radical (unpaired) electrons. The quantitative estimate of drug-likeness (QED) is 0.931. The predicted octanol–water partition coefficient (Wildman–Crippen LogP) is 2.74. The summed E-state index contributed by atoms with van der Waals surface area (Å²) >= 11 is 1.80. The number of benzene rings is 1. The summed E-state index contributed by atoms with van der Waals surface area (Å²) in [6, 6.07) is 6.28. The molecule has 0 bridgehead atoms. The Morgan fingerprint density at radius 1 is 1.30 bits per heavy atom. The van der Waals surface area contributed by atoms with Gasteiger partial charge in [0.2, 0.25) is 0 Å². The van der Waals surface area contributed by atoms with Crippen LogP contribution in [0.2, 0.25) is 0 Å². The second-order valence-corrected chi connectivity index (χ2v) is 6.13. The van der Waals surface area contributed by atoms with Crippen molar-refractivity contribution in [1.29, 1.82) is 0 Å². The third-order valence-corrected chi connectivity index (χ3v) is 4.66. The van der Waals surface area contributed by atoms with Gasteiger partial charge < -0.3 is 10.0 Å². The van der Waals surface area contributed by atoms with E-state index in [4.69, 9.17) is 5.11 Å². The predicted molar refractivity (Wildman–Crippen MR) is 80.5 cm³/mol. The van der Waals surface area contributed by atoms with Crippen LogP contribution in [0.4, 0.5) is 0 Å². The molecule has 108 valence electrons. The minimum Gasteiger partial charge on any atom is -0.478 e. The van der Waals surface area contributed by atoms with Crippen molar-refractivity contribution >= 4 is 23.6 Å². The average molecular weight is 293 g/mol. The van der Waals surface area contributed by atoms with Crippen LogP contribution in [0, 0.1) is 0 Å². The molecule has 0 aromatic heterocycles. The first kappa shape index (κ1) is 14.9. The molecule has 1 unspecified atom stereocenters. The lowest BCUT2D eigenvalue weighted by Gasteiger charge is -2.23. The van der Waals surface area contributed by atoms with E-state index in [1.165, 1.54) is 12.1 Å². The highest BCUT2D eigenvalue weighted by atomic mass is 32.2. The fourth-order valence-electron chi connectivity index (χ4n) is 2.45. The van der Waals surface area contributed by atoms with Gasteiger partial charge in [0.1, 0.15) is 0 Å². The molecule has 4 nitrogen and oxygen atoms in total. The van der Waals surface area contributed by atoms with Gasteiger partial charge >= 0.3 is 5.97 Å². The SMILES string of the molecule is CSC1CCCCN(C(=O)c2cccc(C(=O)O)c2)C1. The van der Waals surface area contributed by atoms with Crippen LogP contribution in [0.1, 0.15) is 40.0 Å². The number of amides is 1. The van der Waals surface area contributed by atoms with E-state index < -0.39 is 5.97 Å². The van der Waals surface area contributed by atoms with Crippen molar-refractivity contribution < 1.29 is 14.7 Å². The monoisotopic (exact) mass is 293 g/mol. The Morgan fingerprint density at radius 3 is 2.75 bits per heavy atom. The number of likely N-dealkylation sites (tertiary alicyclic amines) is 1. The summed E-state index contributed by atoms with van der Waals surface area (Å²) in [5.41, 5.74) is 0.624. The maximum atomic E-state index is 12.5. The minimum absolute atomic E-state index is 0.0611. The zero-order valence-corrected chi connectivity index (χ0v) is 12.4. The van der Waals surface area contributed by atoms with E-state index >= 15 is 0 Å². The molecule has 1 amide bonds. The maximum Gasteiger partial charge on any atom is 0.335 e. The highest BCUT2D eigenvalue weighted by Gasteiger charge is 2.22. The number of aromatic carboxylic acids is 1. The molecule has 5 heteroatoms. The fourth-order valence-corrected chi connectivity index (χ4v) is 3.18. The van der Waals surface area contributed by atoms with E-state index in [0.717, 1.165) is 32.4 Å². The summed E-state index contributed by atoms with van der Waals surface area (Å²) in [4.78, 5) is 25.3. The van der Waals surface area contributed by atoms with Crippen LogP contribution in [-0.2, 0) is 0 Å². The number of carboxylic acids is 1. The lowest BCUT2D eigenvalue weighted by Crippen LogP contribution is -2.35. The van der Waals surface area contributed by atoms with Gasteiger partial charge in [-0.3, -0.25) is 4.79 Å². The molecule has 1 aromatic carbocycles. The van der Waals surface area contributed by atoms with E-state index in [0.29, 0.717) is 10.8 Å². The molecule has 1 aromatic rings. The molecule has 1 aliphatic heterocycles. The highest BCUT2D eigenvalue weighted by molar-refractivity contribution is 7.99. The second kappa shape index (κ2) is 6.79. The van der Waals surface area contributed by atoms with Gasteiger partial charge in [-0.25, -0.2) is 4.79 Å². The van der Waals surface area contributed by atoms with Crippen LogP contribution in [0.25, 0.3) is 0 Å². The number of carboxylic acid groups (broad SMARTS) is 1. The number of nitrogens with zero attached hydrogens (tertiary/aromatic N) is 1. The standard InChI is InChI=1S/C15H19NO3S/c1-20-13-7-2-3-8-16(10-13)14(17)11-5-4-6-12(9-11)15(18)19/h4-6,9,13H,2-3,7-8,10H2,1H3,(H,18,19). The summed E-state index contributed by atoms with van der Waals surface area (Å²) < 4.78 is 0. The number of thioether (sulfide) groups is 1. The Bertz CT molecular complexity index is 504. The van der Waals surface area contributed by atoms with E-state index in [1.807, 2.05) is 4.90 Å². The summed E-state index contributed by atoms with van der Waals surface area (Å²) in [7, 11) is 0. The average Bonchev–Trinajstić information content (AvgIpc) is 2.72. The molecule has 1 aliphatic rings. The smallest absolute Gasteiger partial charge is 0.335 e. The van der Waals surface area contributed by atoms with E-state index in [1.54, 1.807) is 23.9 Å². The Labute approximate surface area is 123 Å². The van der Waals surface area contributed by atoms with Crippen molar-refractivity contribution in [3.05, 3.63) is 35.4 Å². The lowest BCUT2D eigenvalue weighted by molar-refractivity contribution is 0.0697. The zero-order chi connectivity index (χ0) is 14.5. The summed E-state index contributed by atoms with van der Waals surface area (Å²) in [6.07, 6.45) is 5.37. The van der Waals surface area contributed by atoms with Gasteiger partial charge in [-0.05, 0) is 37.3 Å². The van der Waals surface area contributed by atoms with Gasteiger partial charge in [-0.2, -0.15) is 11.8 Å². The summed E-state index contributed by atoms with van der Waals surface area (Å²) in [6.45, 7) is 1.50. The van der Waals surface area contributed by atoms with E-state index in [9.17, 15) is 9.59 Å². The van der Waals surface area contributed by atoms with Crippen LogP contribution < -0.4 is 0 Å². The second-order valence-electron chi connectivity index (χ2n) is 4.99. The third-order valence-electron chi connectivity index (χ3n) is 3.61. The van der Waals surface area contributed by atoms with Gasteiger partial charge in [-0.15, -0.1) is 0 Å². The van der Waals surface area contributed by atoms with Crippen molar-refractivity contribution in [3.8, 4) is 0 Å². The Balaban J connectivity index is 2.17. The first-order chi connectivity index (χ1) is 9.61. The Kier molecular flexibility index (Phi) is 5.06. The summed E-state index contributed by atoms with van der Waals surface area (Å²) in [5.74, 6) is -1.06. The topological polar surface area (TPSA) is 57.6 Å².